The number of halogens is 1. The molecule has 0 aliphatic carbocycles. The quantitative estimate of drug-likeness (QED) is 0.161. The third-order valence-electron chi connectivity index (χ3n) is 10.0. The molecule has 0 saturated carbocycles. The van der Waals surface area contributed by atoms with Crippen molar-refractivity contribution in [3.63, 3.8) is 0 Å². The van der Waals surface area contributed by atoms with E-state index in [4.69, 9.17) is 26.3 Å². The van der Waals surface area contributed by atoms with Gasteiger partial charge in [-0.3, -0.25) is 0 Å². The molecule has 0 unspecified atom stereocenters. The average Bonchev–Trinajstić information content (AvgIpc) is 3.23. The molecule has 5 nitrogen and oxygen atoms in total. The second kappa shape index (κ2) is 13.6. The SMILES string of the molecule is [C-]#[N+]c1ccc(-c2nc(-c3cccc(-c4ccccc4)c3)nc(-c3cc(-c4ccc(F)cc4)cc(-c4ccc5c(c4)OC(C)(C)c4ccccc4-5)c3)n2)cc1. The fraction of sp³-hybridized carbons (Fsp3) is 0.0612. The fourth-order valence-electron chi connectivity index (χ4n) is 7.23. The molecule has 6 heteroatoms. The highest BCUT2D eigenvalue weighted by molar-refractivity contribution is 5.84. The lowest BCUT2D eigenvalue weighted by atomic mass is 9.85. The maximum Gasteiger partial charge on any atom is 0.187 e. The van der Waals surface area contributed by atoms with E-state index in [1.165, 1.54) is 12.1 Å². The van der Waals surface area contributed by atoms with Gasteiger partial charge in [-0.1, -0.05) is 121 Å². The Morgan fingerprint density at radius 2 is 1.00 bits per heavy atom. The third kappa shape index (κ3) is 6.53. The van der Waals surface area contributed by atoms with Crippen molar-refractivity contribution in [2.45, 2.75) is 19.4 Å². The van der Waals surface area contributed by atoms with Gasteiger partial charge in [0.1, 0.15) is 17.2 Å². The van der Waals surface area contributed by atoms with E-state index in [0.717, 1.165) is 72.5 Å². The Morgan fingerprint density at radius 1 is 0.473 bits per heavy atom. The van der Waals surface area contributed by atoms with Gasteiger partial charge in [-0.25, -0.2) is 24.2 Å². The van der Waals surface area contributed by atoms with Crippen molar-refractivity contribution in [3.05, 3.63) is 187 Å². The van der Waals surface area contributed by atoms with Gasteiger partial charge in [-0.15, -0.1) is 0 Å². The zero-order valence-electron chi connectivity index (χ0n) is 30.2. The fourth-order valence-corrected chi connectivity index (χ4v) is 7.23. The van der Waals surface area contributed by atoms with Gasteiger partial charge < -0.3 is 4.74 Å². The molecule has 0 N–H and O–H groups in total. The Morgan fingerprint density at radius 3 is 1.75 bits per heavy atom. The third-order valence-corrected chi connectivity index (χ3v) is 10.0. The molecule has 1 aromatic heterocycles. The average molecular weight is 713 g/mol. The number of aromatic nitrogens is 3. The van der Waals surface area contributed by atoms with Gasteiger partial charge in [-0.05, 0) is 95.3 Å². The number of nitrogens with zero attached hydrogens (tertiary/aromatic N) is 4. The number of rotatable bonds is 6. The molecular formula is C49H33FN4O. The molecule has 0 radical (unpaired) electrons. The second-order valence-electron chi connectivity index (χ2n) is 14.1. The van der Waals surface area contributed by atoms with Crippen LogP contribution in [0.1, 0.15) is 19.4 Å². The first-order valence-corrected chi connectivity index (χ1v) is 18.1. The van der Waals surface area contributed by atoms with E-state index in [1.807, 2.05) is 54.6 Å². The summed E-state index contributed by atoms with van der Waals surface area (Å²) in [6.07, 6.45) is 0. The van der Waals surface area contributed by atoms with E-state index in [0.29, 0.717) is 23.2 Å². The van der Waals surface area contributed by atoms with E-state index >= 15 is 0 Å². The number of ether oxygens (including phenoxy) is 1. The van der Waals surface area contributed by atoms with Crippen LogP contribution in [0.4, 0.5) is 10.1 Å². The summed E-state index contributed by atoms with van der Waals surface area (Å²) in [6, 6.07) is 53.1. The summed E-state index contributed by atoms with van der Waals surface area (Å²) in [6.45, 7) is 11.6. The topological polar surface area (TPSA) is 52.3 Å². The molecule has 0 amide bonds. The van der Waals surface area contributed by atoms with Crippen molar-refractivity contribution in [2.24, 2.45) is 0 Å². The normalized spacial score (nSPS) is 12.5. The van der Waals surface area contributed by atoms with Crippen molar-refractivity contribution in [1.82, 2.24) is 15.0 Å². The first kappa shape index (κ1) is 33.6. The first-order valence-electron chi connectivity index (χ1n) is 18.1. The van der Waals surface area contributed by atoms with Gasteiger partial charge in [0.15, 0.2) is 23.2 Å². The van der Waals surface area contributed by atoms with Crippen molar-refractivity contribution >= 4 is 5.69 Å². The molecule has 1 aliphatic heterocycles. The van der Waals surface area contributed by atoms with E-state index in [2.05, 4.69) is 91.5 Å². The Bertz CT molecular complexity index is 2770. The van der Waals surface area contributed by atoms with Gasteiger partial charge in [0.25, 0.3) is 0 Å². The summed E-state index contributed by atoms with van der Waals surface area (Å²) in [5.74, 6) is 1.99. The lowest BCUT2D eigenvalue weighted by Gasteiger charge is -2.35. The Balaban J connectivity index is 1.23. The van der Waals surface area contributed by atoms with Crippen LogP contribution in [0.25, 0.3) is 83.5 Å². The second-order valence-corrected chi connectivity index (χ2v) is 14.1. The molecule has 1 aliphatic rings. The van der Waals surface area contributed by atoms with Crippen LogP contribution >= 0.6 is 0 Å². The summed E-state index contributed by atoms with van der Waals surface area (Å²) >= 11 is 0. The van der Waals surface area contributed by atoms with Gasteiger partial charge in [0, 0.05) is 27.8 Å². The highest BCUT2D eigenvalue weighted by Gasteiger charge is 2.32. The minimum atomic E-state index is -0.508. The van der Waals surface area contributed by atoms with E-state index in [1.54, 1.807) is 24.3 Å². The lowest BCUT2D eigenvalue weighted by Crippen LogP contribution is -2.29. The highest BCUT2D eigenvalue weighted by Crippen LogP contribution is 2.47. The van der Waals surface area contributed by atoms with E-state index in [9.17, 15) is 4.39 Å². The number of hydrogen-bond acceptors (Lipinski definition) is 4. The van der Waals surface area contributed by atoms with Gasteiger partial charge in [-0.2, -0.15) is 0 Å². The van der Waals surface area contributed by atoms with Gasteiger partial charge >= 0.3 is 0 Å². The number of hydrogen-bond donors (Lipinski definition) is 0. The van der Waals surface area contributed by atoms with E-state index < -0.39 is 5.60 Å². The van der Waals surface area contributed by atoms with Gasteiger partial charge in [0.2, 0.25) is 0 Å². The minimum absolute atomic E-state index is 0.302. The predicted octanol–water partition coefficient (Wildman–Crippen LogP) is 12.9. The van der Waals surface area contributed by atoms with Crippen LogP contribution in [0.15, 0.2) is 164 Å². The van der Waals surface area contributed by atoms with Crippen LogP contribution in [-0.4, -0.2) is 15.0 Å². The summed E-state index contributed by atoms with van der Waals surface area (Å²) in [7, 11) is 0. The number of benzene rings is 7. The van der Waals surface area contributed by atoms with Crippen LogP contribution in [0.5, 0.6) is 5.75 Å². The molecular weight excluding hydrogens is 680 g/mol. The molecule has 0 saturated heterocycles. The molecule has 2 heterocycles. The largest absolute Gasteiger partial charge is 0.482 e. The minimum Gasteiger partial charge on any atom is -0.482 e. The molecule has 9 rings (SSSR count). The molecule has 262 valence electrons. The van der Waals surface area contributed by atoms with Crippen LogP contribution < -0.4 is 4.74 Å². The first-order chi connectivity index (χ1) is 26.8. The predicted molar refractivity (Wildman–Crippen MR) is 218 cm³/mol. The monoisotopic (exact) mass is 712 g/mol. The maximum atomic E-state index is 14.2. The lowest BCUT2D eigenvalue weighted by molar-refractivity contribution is 0.106. The summed E-state index contributed by atoms with van der Waals surface area (Å²) in [5, 5.41) is 0. The molecule has 0 bridgehead atoms. The van der Waals surface area contributed by atoms with E-state index in [-0.39, 0.29) is 5.82 Å². The zero-order chi connectivity index (χ0) is 37.5. The molecule has 0 spiro atoms. The Kier molecular flexibility index (Phi) is 8.33. The van der Waals surface area contributed by atoms with Crippen LogP contribution in [0.3, 0.4) is 0 Å². The van der Waals surface area contributed by atoms with Crippen molar-refractivity contribution in [1.29, 1.82) is 0 Å². The van der Waals surface area contributed by atoms with Crippen molar-refractivity contribution in [3.8, 4) is 84.4 Å². The Labute approximate surface area is 319 Å². The van der Waals surface area contributed by atoms with Crippen LogP contribution in [0, 0.1) is 12.4 Å². The molecule has 7 aromatic carbocycles. The zero-order valence-corrected chi connectivity index (χ0v) is 30.2. The molecule has 0 fully saturated rings. The molecule has 0 atom stereocenters. The Hall–Kier alpha value is -7.23. The number of fused-ring (bicyclic) bond motifs is 3. The summed E-state index contributed by atoms with van der Waals surface area (Å²) in [5.41, 5.74) is 11.5. The molecule has 55 heavy (non-hydrogen) atoms. The van der Waals surface area contributed by atoms with Crippen LogP contribution in [-0.2, 0) is 5.60 Å². The molecule has 8 aromatic rings. The van der Waals surface area contributed by atoms with Crippen LogP contribution in [0.2, 0.25) is 0 Å². The summed E-state index contributed by atoms with van der Waals surface area (Å²) < 4.78 is 20.8. The van der Waals surface area contributed by atoms with Crippen molar-refractivity contribution in [2.75, 3.05) is 0 Å². The van der Waals surface area contributed by atoms with Gasteiger partial charge in [0.05, 0.1) is 6.57 Å². The summed E-state index contributed by atoms with van der Waals surface area (Å²) in [4.78, 5) is 18.7. The smallest absolute Gasteiger partial charge is 0.187 e. The standard InChI is InChI=1S/C49H33FN4O/c1-49(2)44-15-8-7-14-42(44)43-25-20-35(30-45(43)55-49)38-27-37(32-16-21-40(50)22-17-32)28-39(29-38)48-53-46(33-18-23-41(51-3)24-19-33)52-47(54-48)36-13-9-12-34(26-36)31-10-5-4-6-11-31/h4-30H,1-2H3. The highest BCUT2D eigenvalue weighted by atomic mass is 19.1. The van der Waals surface area contributed by atoms with Crippen molar-refractivity contribution < 1.29 is 9.13 Å². The maximum absolute atomic E-state index is 14.2.